The average Bonchev–Trinajstić information content (AvgIpc) is 3.16. The predicted molar refractivity (Wildman–Crippen MR) is 111 cm³/mol. The van der Waals surface area contributed by atoms with Gasteiger partial charge in [-0.2, -0.15) is 5.26 Å². The van der Waals surface area contributed by atoms with Gasteiger partial charge in [-0.1, -0.05) is 67.4 Å². The van der Waals surface area contributed by atoms with Crippen molar-refractivity contribution in [1.82, 2.24) is 4.98 Å². The van der Waals surface area contributed by atoms with Crippen LogP contribution < -0.4 is 0 Å². The van der Waals surface area contributed by atoms with Crippen molar-refractivity contribution in [3.8, 4) is 17.3 Å². The Hall–Kier alpha value is -2.41. The summed E-state index contributed by atoms with van der Waals surface area (Å²) in [6.07, 6.45) is 5.31. The van der Waals surface area contributed by atoms with Crippen LogP contribution in [-0.4, -0.2) is 4.98 Å². The van der Waals surface area contributed by atoms with Gasteiger partial charge in [0, 0.05) is 16.0 Å². The van der Waals surface area contributed by atoms with E-state index in [0.29, 0.717) is 15.6 Å². The minimum Gasteiger partial charge on any atom is -0.235 e. The second-order valence-corrected chi connectivity index (χ2v) is 7.30. The number of benzene rings is 2. The molecular weight excluding hydrogens is 360 g/mol. The Balaban J connectivity index is 1.84. The maximum Gasteiger partial charge on any atom is 0.134 e. The lowest BCUT2D eigenvalue weighted by molar-refractivity contribution is 0.795. The molecule has 0 N–H and O–H groups in total. The van der Waals surface area contributed by atoms with Crippen LogP contribution in [0.2, 0.25) is 5.02 Å². The van der Waals surface area contributed by atoms with E-state index in [4.69, 9.17) is 11.6 Å². The Labute approximate surface area is 163 Å². The van der Waals surface area contributed by atoms with Crippen molar-refractivity contribution in [2.24, 2.45) is 0 Å². The summed E-state index contributed by atoms with van der Waals surface area (Å²) in [5, 5.41) is 12.9. The molecule has 0 bridgehead atoms. The number of rotatable bonds is 6. The number of nitrogens with zero attached hydrogens (tertiary/aromatic N) is 2. The monoisotopic (exact) mass is 378 g/mol. The predicted octanol–water partition coefficient (Wildman–Crippen LogP) is 6.87. The lowest BCUT2D eigenvalue weighted by Gasteiger charge is -2.02. The van der Waals surface area contributed by atoms with Crippen LogP contribution >= 0.6 is 22.9 Å². The number of nitriles is 1. The molecule has 0 saturated carbocycles. The molecule has 0 amide bonds. The lowest BCUT2D eigenvalue weighted by Crippen LogP contribution is -1.86. The summed E-state index contributed by atoms with van der Waals surface area (Å²) in [5.41, 5.74) is 4.66. The van der Waals surface area contributed by atoms with Gasteiger partial charge in [-0.3, -0.25) is 0 Å². The summed E-state index contributed by atoms with van der Waals surface area (Å²) < 4.78 is 0. The number of unbranched alkanes of at least 4 members (excludes halogenated alkanes) is 1. The SMILES string of the molecule is CCCCc1ccc(-c2csc(C(C#N)=Cc3ccccc3Cl)n2)cc1. The third-order valence-electron chi connectivity index (χ3n) is 4.13. The quantitative estimate of drug-likeness (QED) is 0.439. The first kappa shape index (κ1) is 18.4. The van der Waals surface area contributed by atoms with Gasteiger partial charge in [0.1, 0.15) is 11.1 Å². The number of halogens is 1. The second kappa shape index (κ2) is 8.80. The third kappa shape index (κ3) is 4.40. The molecule has 2 nitrogen and oxygen atoms in total. The molecule has 0 atom stereocenters. The van der Waals surface area contributed by atoms with Crippen LogP contribution in [0.25, 0.3) is 22.9 Å². The molecule has 3 aromatic rings. The summed E-state index contributed by atoms with van der Waals surface area (Å²) in [7, 11) is 0. The molecule has 0 aliphatic carbocycles. The van der Waals surface area contributed by atoms with Crippen LogP contribution in [0.4, 0.5) is 0 Å². The highest BCUT2D eigenvalue weighted by Gasteiger charge is 2.10. The second-order valence-electron chi connectivity index (χ2n) is 6.03. The van der Waals surface area contributed by atoms with Crippen molar-refractivity contribution in [3.63, 3.8) is 0 Å². The molecule has 1 heterocycles. The maximum atomic E-state index is 9.54. The van der Waals surface area contributed by atoms with Crippen LogP contribution in [-0.2, 0) is 6.42 Å². The summed E-state index contributed by atoms with van der Waals surface area (Å²) in [6, 6.07) is 18.3. The van der Waals surface area contributed by atoms with Crippen molar-refractivity contribution < 1.29 is 0 Å². The third-order valence-corrected chi connectivity index (χ3v) is 5.35. The smallest absolute Gasteiger partial charge is 0.134 e. The fraction of sp³-hybridized carbons (Fsp3) is 0.182. The van der Waals surface area contributed by atoms with E-state index in [2.05, 4.69) is 42.2 Å². The molecule has 4 heteroatoms. The zero-order valence-corrected chi connectivity index (χ0v) is 16.1. The van der Waals surface area contributed by atoms with E-state index in [1.807, 2.05) is 29.6 Å². The molecule has 0 saturated heterocycles. The number of aryl methyl sites for hydroxylation is 1. The molecule has 2 aromatic carbocycles. The van der Waals surface area contributed by atoms with Crippen LogP contribution in [0.15, 0.2) is 53.9 Å². The Morgan fingerprint density at radius 3 is 2.65 bits per heavy atom. The summed E-state index contributed by atoms with van der Waals surface area (Å²) in [4.78, 5) is 4.65. The first-order chi connectivity index (χ1) is 12.7. The fourth-order valence-corrected chi connectivity index (χ4v) is 3.63. The van der Waals surface area contributed by atoms with E-state index in [-0.39, 0.29) is 0 Å². The van der Waals surface area contributed by atoms with Crippen molar-refractivity contribution in [1.29, 1.82) is 5.26 Å². The van der Waals surface area contributed by atoms with Gasteiger partial charge < -0.3 is 0 Å². The minimum atomic E-state index is 0.522. The van der Waals surface area contributed by atoms with Gasteiger partial charge in [0.05, 0.1) is 11.3 Å². The topological polar surface area (TPSA) is 36.7 Å². The number of hydrogen-bond acceptors (Lipinski definition) is 3. The van der Waals surface area contributed by atoms with Gasteiger partial charge in [0.15, 0.2) is 0 Å². The molecule has 0 spiro atoms. The lowest BCUT2D eigenvalue weighted by atomic mass is 10.1. The average molecular weight is 379 g/mol. The number of allylic oxidation sites excluding steroid dienone is 1. The molecular formula is C22H19ClN2S. The molecule has 0 aliphatic heterocycles. The van der Waals surface area contributed by atoms with E-state index >= 15 is 0 Å². The van der Waals surface area contributed by atoms with Crippen molar-refractivity contribution in [2.75, 3.05) is 0 Å². The van der Waals surface area contributed by atoms with Gasteiger partial charge in [-0.15, -0.1) is 11.3 Å². The molecule has 26 heavy (non-hydrogen) atoms. The van der Waals surface area contributed by atoms with E-state index in [1.165, 1.54) is 29.7 Å². The summed E-state index contributed by atoms with van der Waals surface area (Å²) in [5.74, 6) is 0. The standard InChI is InChI=1S/C22H19ClN2S/c1-2-3-6-16-9-11-17(12-10-16)21-15-26-22(25-21)19(14-24)13-18-7-4-5-8-20(18)23/h4-5,7-13,15H,2-3,6H2,1H3. The van der Waals surface area contributed by atoms with E-state index in [1.54, 1.807) is 6.08 Å². The number of thiazole rings is 1. The Kier molecular flexibility index (Phi) is 6.22. The minimum absolute atomic E-state index is 0.522. The number of hydrogen-bond donors (Lipinski definition) is 0. The number of aromatic nitrogens is 1. The van der Waals surface area contributed by atoms with Crippen LogP contribution in [0.5, 0.6) is 0 Å². The highest BCUT2D eigenvalue weighted by Crippen LogP contribution is 2.28. The first-order valence-corrected chi connectivity index (χ1v) is 9.88. The van der Waals surface area contributed by atoms with Gasteiger partial charge in [-0.25, -0.2) is 4.98 Å². The maximum absolute atomic E-state index is 9.54. The van der Waals surface area contributed by atoms with Crippen LogP contribution in [0, 0.1) is 11.3 Å². The molecule has 0 fully saturated rings. The Morgan fingerprint density at radius 2 is 1.96 bits per heavy atom. The van der Waals surface area contributed by atoms with Gasteiger partial charge in [0.25, 0.3) is 0 Å². The molecule has 0 radical (unpaired) electrons. The van der Waals surface area contributed by atoms with E-state index in [9.17, 15) is 5.26 Å². The Morgan fingerprint density at radius 1 is 1.19 bits per heavy atom. The summed E-state index contributed by atoms with van der Waals surface area (Å²) in [6.45, 7) is 2.20. The largest absolute Gasteiger partial charge is 0.235 e. The fourth-order valence-electron chi connectivity index (χ4n) is 2.64. The van der Waals surface area contributed by atoms with Gasteiger partial charge >= 0.3 is 0 Å². The van der Waals surface area contributed by atoms with Gasteiger partial charge in [-0.05, 0) is 36.1 Å². The van der Waals surface area contributed by atoms with Crippen molar-refractivity contribution in [3.05, 3.63) is 75.1 Å². The Bertz CT molecular complexity index is 949. The molecule has 130 valence electrons. The molecule has 3 rings (SSSR count). The van der Waals surface area contributed by atoms with Gasteiger partial charge in [0.2, 0.25) is 0 Å². The zero-order chi connectivity index (χ0) is 18.4. The van der Waals surface area contributed by atoms with Crippen LogP contribution in [0.3, 0.4) is 0 Å². The zero-order valence-electron chi connectivity index (χ0n) is 14.6. The highest BCUT2D eigenvalue weighted by molar-refractivity contribution is 7.11. The summed E-state index contributed by atoms with van der Waals surface area (Å²) >= 11 is 7.67. The molecule has 0 unspecified atom stereocenters. The van der Waals surface area contributed by atoms with Crippen molar-refractivity contribution >= 4 is 34.6 Å². The normalized spacial score (nSPS) is 11.3. The molecule has 0 aliphatic rings. The first-order valence-electron chi connectivity index (χ1n) is 8.63. The van der Waals surface area contributed by atoms with Crippen molar-refractivity contribution in [2.45, 2.75) is 26.2 Å². The highest BCUT2D eigenvalue weighted by atomic mass is 35.5. The van der Waals surface area contributed by atoms with Crippen LogP contribution in [0.1, 0.15) is 35.9 Å². The molecule has 1 aromatic heterocycles. The van der Waals surface area contributed by atoms with E-state index < -0.39 is 0 Å². The van der Waals surface area contributed by atoms with E-state index in [0.717, 1.165) is 23.2 Å².